The standard InChI is InChI=1S/C24H32ClN3O3/c1-18(24(29)26-11-10-19-6-9-22(30-2)23(16-19)31-3)28-14-12-27(13-15-28)17-20-4-7-21(25)8-5-20/h4-9,16,18H,10-15,17H2,1-3H3,(H,26,29). The maximum absolute atomic E-state index is 12.6. The van der Waals surface area contributed by atoms with Gasteiger partial charge in [0.05, 0.1) is 20.3 Å². The van der Waals surface area contributed by atoms with Crippen molar-refractivity contribution in [2.45, 2.75) is 25.9 Å². The van der Waals surface area contributed by atoms with Gasteiger partial charge in [0, 0.05) is 44.3 Å². The predicted molar refractivity (Wildman–Crippen MR) is 124 cm³/mol. The van der Waals surface area contributed by atoms with Crippen molar-refractivity contribution in [3.05, 3.63) is 58.6 Å². The number of hydrogen-bond acceptors (Lipinski definition) is 5. The van der Waals surface area contributed by atoms with Gasteiger partial charge in [-0.1, -0.05) is 29.8 Å². The Hall–Kier alpha value is -2.28. The van der Waals surface area contributed by atoms with Gasteiger partial charge in [0.2, 0.25) is 5.91 Å². The minimum absolute atomic E-state index is 0.0756. The molecule has 1 atom stereocenters. The maximum Gasteiger partial charge on any atom is 0.237 e. The second-order valence-corrected chi connectivity index (χ2v) is 8.28. The molecule has 0 spiro atoms. The molecule has 0 bridgehead atoms. The Kier molecular flexibility index (Phi) is 8.58. The molecule has 1 unspecified atom stereocenters. The summed E-state index contributed by atoms with van der Waals surface area (Å²) < 4.78 is 10.6. The first-order chi connectivity index (χ1) is 15.0. The highest BCUT2D eigenvalue weighted by Crippen LogP contribution is 2.27. The van der Waals surface area contributed by atoms with E-state index in [1.54, 1.807) is 14.2 Å². The number of nitrogens with zero attached hydrogens (tertiary/aromatic N) is 2. The zero-order chi connectivity index (χ0) is 22.2. The zero-order valence-electron chi connectivity index (χ0n) is 18.6. The minimum Gasteiger partial charge on any atom is -0.493 e. The van der Waals surface area contributed by atoms with E-state index in [1.807, 2.05) is 37.3 Å². The molecular weight excluding hydrogens is 414 g/mol. The molecule has 1 heterocycles. The highest BCUT2D eigenvalue weighted by molar-refractivity contribution is 6.30. The van der Waals surface area contributed by atoms with Crippen LogP contribution in [0.15, 0.2) is 42.5 Å². The average molecular weight is 446 g/mol. The van der Waals surface area contributed by atoms with E-state index in [4.69, 9.17) is 21.1 Å². The van der Waals surface area contributed by atoms with Gasteiger partial charge in [-0.3, -0.25) is 14.6 Å². The van der Waals surface area contributed by atoms with Crippen LogP contribution in [-0.2, 0) is 17.8 Å². The van der Waals surface area contributed by atoms with Crippen molar-refractivity contribution in [2.24, 2.45) is 0 Å². The molecule has 0 aliphatic carbocycles. The Bertz CT molecular complexity index is 852. The van der Waals surface area contributed by atoms with Crippen LogP contribution in [0.25, 0.3) is 0 Å². The predicted octanol–water partition coefficient (Wildman–Crippen LogP) is 3.22. The number of carbonyl (C=O) groups is 1. The summed E-state index contributed by atoms with van der Waals surface area (Å²) in [6.07, 6.45) is 0.744. The molecule has 31 heavy (non-hydrogen) atoms. The van der Waals surface area contributed by atoms with E-state index in [1.165, 1.54) is 5.56 Å². The molecule has 168 valence electrons. The molecule has 1 N–H and O–H groups in total. The molecule has 1 amide bonds. The Morgan fingerprint density at radius 1 is 1.00 bits per heavy atom. The Morgan fingerprint density at radius 3 is 2.29 bits per heavy atom. The number of benzene rings is 2. The lowest BCUT2D eigenvalue weighted by atomic mass is 10.1. The van der Waals surface area contributed by atoms with Crippen LogP contribution in [0.5, 0.6) is 11.5 Å². The van der Waals surface area contributed by atoms with Gasteiger partial charge in [-0.15, -0.1) is 0 Å². The van der Waals surface area contributed by atoms with Gasteiger partial charge < -0.3 is 14.8 Å². The van der Waals surface area contributed by atoms with Gasteiger partial charge in [-0.2, -0.15) is 0 Å². The van der Waals surface area contributed by atoms with E-state index in [2.05, 4.69) is 27.2 Å². The molecule has 7 heteroatoms. The fraction of sp³-hybridized carbons (Fsp3) is 0.458. The summed E-state index contributed by atoms with van der Waals surface area (Å²) in [5.74, 6) is 1.49. The first kappa shape index (κ1) is 23.4. The Balaban J connectivity index is 1.41. The molecular formula is C24H32ClN3O3. The van der Waals surface area contributed by atoms with Crippen molar-refractivity contribution in [3.63, 3.8) is 0 Å². The number of methoxy groups -OCH3 is 2. The largest absolute Gasteiger partial charge is 0.493 e. The molecule has 2 aromatic carbocycles. The third kappa shape index (κ3) is 6.60. The van der Waals surface area contributed by atoms with E-state index in [0.717, 1.165) is 49.7 Å². The van der Waals surface area contributed by atoms with E-state index in [9.17, 15) is 4.79 Å². The van der Waals surface area contributed by atoms with Gasteiger partial charge >= 0.3 is 0 Å². The summed E-state index contributed by atoms with van der Waals surface area (Å²) >= 11 is 5.97. The van der Waals surface area contributed by atoms with Crippen molar-refractivity contribution in [2.75, 3.05) is 46.9 Å². The van der Waals surface area contributed by atoms with Gasteiger partial charge in [-0.05, 0) is 48.7 Å². The van der Waals surface area contributed by atoms with Crippen molar-refractivity contribution >= 4 is 17.5 Å². The van der Waals surface area contributed by atoms with Crippen molar-refractivity contribution in [3.8, 4) is 11.5 Å². The molecule has 3 rings (SSSR count). The second-order valence-electron chi connectivity index (χ2n) is 7.84. The fourth-order valence-corrected chi connectivity index (χ4v) is 3.96. The summed E-state index contributed by atoms with van der Waals surface area (Å²) in [5.41, 5.74) is 2.36. The van der Waals surface area contributed by atoms with Crippen LogP contribution in [0.3, 0.4) is 0 Å². The van der Waals surface area contributed by atoms with Gasteiger partial charge in [0.15, 0.2) is 11.5 Å². The zero-order valence-corrected chi connectivity index (χ0v) is 19.3. The van der Waals surface area contributed by atoms with E-state index >= 15 is 0 Å². The summed E-state index contributed by atoms with van der Waals surface area (Å²) in [6, 6.07) is 13.7. The number of amides is 1. The fourth-order valence-electron chi connectivity index (χ4n) is 3.84. The smallest absolute Gasteiger partial charge is 0.237 e. The normalized spacial score (nSPS) is 16.0. The SMILES string of the molecule is COc1ccc(CCNC(=O)C(C)N2CCN(Cc3ccc(Cl)cc3)CC2)cc1OC. The van der Waals surface area contributed by atoms with Crippen LogP contribution in [0, 0.1) is 0 Å². The van der Waals surface area contributed by atoms with Crippen LogP contribution in [-0.4, -0.2) is 68.7 Å². The first-order valence-corrected chi connectivity index (χ1v) is 11.1. The number of rotatable bonds is 9. The van der Waals surface area contributed by atoms with Gasteiger partial charge in [0.25, 0.3) is 0 Å². The topological polar surface area (TPSA) is 54.0 Å². The maximum atomic E-state index is 12.6. The molecule has 1 aliphatic heterocycles. The van der Waals surface area contributed by atoms with Gasteiger partial charge in [0.1, 0.15) is 0 Å². The van der Waals surface area contributed by atoms with E-state index < -0.39 is 0 Å². The van der Waals surface area contributed by atoms with Crippen LogP contribution in [0.4, 0.5) is 0 Å². The third-order valence-corrected chi connectivity index (χ3v) is 6.07. The number of ether oxygens (including phenoxy) is 2. The van der Waals surface area contributed by atoms with Crippen molar-refractivity contribution in [1.29, 1.82) is 0 Å². The molecule has 1 aliphatic rings. The van der Waals surface area contributed by atoms with Crippen LogP contribution in [0.1, 0.15) is 18.1 Å². The molecule has 2 aromatic rings. The van der Waals surface area contributed by atoms with Gasteiger partial charge in [-0.25, -0.2) is 0 Å². The minimum atomic E-state index is -0.136. The van der Waals surface area contributed by atoms with Crippen molar-refractivity contribution in [1.82, 2.24) is 15.1 Å². The average Bonchev–Trinajstić information content (AvgIpc) is 2.80. The van der Waals surface area contributed by atoms with E-state index in [-0.39, 0.29) is 11.9 Å². The number of hydrogen-bond donors (Lipinski definition) is 1. The monoisotopic (exact) mass is 445 g/mol. The molecule has 0 radical (unpaired) electrons. The molecule has 1 saturated heterocycles. The number of carbonyl (C=O) groups excluding carboxylic acids is 1. The van der Waals surface area contributed by atoms with Crippen molar-refractivity contribution < 1.29 is 14.3 Å². The molecule has 1 fully saturated rings. The lowest BCUT2D eigenvalue weighted by Crippen LogP contribution is -2.53. The number of piperazine rings is 1. The Morgan fingerprint density at radius 2 is 1.65 bits per heavy atom. The summed E-state index contributed by atoms with van der Waals surface area (Å²) in [7, 11) is 3.25. The molecule has 6 nitrogen and oxygen atoms in total. The first-order valence-electron chi connectivity index (χ1n) is 10.7. The van der Waals surface area contributed by atoms with Crippen LogP contribution < -0.4 is 14.8 Å². The number of halogens is 1. The van der Waals surface area contributed by atoms with Crippen LogP contribution in [0.2, 0.25) is 5.02 Å². The highest BCUT2D eigenvalue weighted by Gasteiger charge is 2.25. The molecule has 0 aromatic heterocycles. The quantitative estimate of drug-likeness (QED) is 0.642. The summed E-state index contributed by atoms with van der Waals surface area (Å²) in [4.78, 5) is 17.3. The number of nitrogens with one attached hydrogen (secondary N) is 1. The third-order valence-electron chi connectivity index (χ3n) is 5.81. The summed E-state index contributed by atoms with van der Waals surface area (Å²) in [5, 5.41) is 3.84. The highest BCUT2D eigenvalue weighted by atomic mass is 35.5. The van der Waals surface area contributed by atoms with Crippen LogP contribution >= 0.6 is 11.6 Å². The second kappa shape index (κ2) is 11.4. The molecule has 0 saturated carbocycles. The Labute approximate surface area is 190 Å². The lowest BCUT2D eigenvalue weighted by Gasteiger charge is -2.37. The summed E-state index contributed by atoms with van der Waals surface area (Å²) in [6.45, 7) is 7.17. The lowest BCUT2D eigenvalue weighted by molar-refractivity contribution is -0.126. The van der Waals surface area contributed by atoms with E-state index in [0.29, 0.717) is 18.0 Å².